The number of rotatable bonds is 9. The zero-order valence-electron chi connectivity index (χ0n) is 16.4. The minimum absolute atomic E-state index is 0.272. The number of thioether (sulfide) groups is 1. The van der Waals surface area contributed by atoms with E-state index in [2.05, 4.69) is 29.9 Å². The molecule has 0 saturated carbocycles. The van der Waals surface area contributed by atoms with Crippen molar-refractivity contribution < 1.29 is 14.9 Å². The van der Waals surface area contributed by atoms with Gasteiger partial charge in [-0.25, -0.2) is 29.9 Å². The van der Waals surface area contributed by atoms with Crippen molar-refractivity contribution in [3.05, 3.63) is 30.5 Å². The molecule has 0 aliphatic rings. The first kappa shape index (κ1) is 21.6. The Balaban J connectivity index is 1.45. The smallest absolute Gasteiger partial charge is 0.182 e. The van der Waals surface area contributed by atoms with Crippen LogP contribution in [0.3, 0.4) is 0 Å². The Morgan fingerprint density at radius 1 is 1.16 bits per heavy atom. The largest absolute Gasteiger partial charge is 0.394 e. The van der Waals surface area contributed by atoms with Gasteiger partial charge in [-0.1, -0.05) is 11.6 Å². The van der Waals surface area contributed by atoms with Gasteiger partial charge in [0.1, 0.15) is 36.0 Å². The predicted molar refractivity (Wildman–Crippen MR) is 115 cm³/mol. The molecule has 31 heavy (non-hydrogen) atoms. The molecule has 0 aliphatic carbocycles. The Kier molecular flexibility index (Phi) is 6.48. The molecule has 0 aromatic carbocycles. The first-order chi connectivity index (χ1) is 15.0. The monoisotopic (exact) mass is 465 g/mol. The van der Waals surface area contributed by atoms with Gasteiger partial charge in [-0.05, 0) is 6.92 Å². The Hall–Kier alpha value is -2.58. The van der Waals surface area contributed by atoms with Gasteiger partial charge in [-0.2, -0.15) is 0 Å². The molecule has 0 fully saturated rings. The summed E-state index contributed by atoms with van der Waals surface area (Å²) < 4.78 is 9.55. The second-order valence-corrected chi connectivity index (χ2v) is 8.02. The van der Waals surface area contributed by atoms with Crippen LogP contribution in [0, 0.1) is 0 Å². The maximum atomic E-state index is 10.3. The predicted octanol–water partition coefficient (Wildman–Crippen LogP) is 0.849. The van der Waals surface area contributed by atoms with E-state index in [4.69, 9.17) is 22.1 Å². The third kappa shape index (κ3) is 4.41. The lowest BCUT2D eigenvalue weighted by Gasteiger charge is -2.26. The van der Waals surface area contributed by atoms with Gasteiger partial charge in [0.15, 0.2) is 22.3 Å². The van der Waals surface area contributed by atoms with Crippen LogP contribution >= 0.6 is 23.4 Å². The van der Waals surface area contributed by atoms with E-state index in [0.29, 0.717) is 39.1 Å². The first-order valence-electron chi connectivity index (χ1n) is 9.26. The summed E-state index contributed by atoms with van der Waals surface area (Å²) >= 11 is 7.63. The van der Waals surface area contributed by atoms with Crippen LogP contribution < -0.4 is 5.73 Å². The number of nitrogen functional groups attached to an aromatic ring is 1. The van der Waals surface area contributed by atoms with Gasteiger partial charge < -0.3 is 25.3 Å². The van der Waals surface area contributed by atoms with E-state index in [1.54, 1.807) is 24.1 Å². The van der Waals surface area contributed by atoms with Crippen LogP contribution in [-0.4, -0.2) is 73.8 Å². The normalized spacial score (nSPS) is 14.8. The molecule has 4 heterocycles. The van der Waals surface area contributed by atoms with Gasteiger partial charge >= 0.3 is 0 Å². The Morgan fingerprint density at radius 2 is 1.97 bits per heavy atom. The zero-order chi connectivity index (χ0) is 22.0. The lowest BCUT2D eigenvalue weighted by atomic mass is 10.2. The molecule has 4 aromatic rings. The van der Waals surface area contributed by atoms with Crippen molar-refractivity contribution in [2.45, 2.75) is 31.2 Å². The van der Waals surface area contributed by atoms with Crippen LogP contribution in [0.1, 0.15) is 13.2 Å². The first-order valence-corrected chi connectivity index (χ1v) is 10.8. The maximum Gasteiger partial charge on any atom is 0.182 e. The lowest BCUT2D eigenvalue weighted by Crippen LogP contribution is -2.36. The summed E-state index contributed by atoms with van der Waals surface area (Å²) in [4.78, 5) is 24.6. The Labute approximate surface area is 185 Å². The Morgan fingerprint density at radius 3 is 2.77 bits per heavy atom. The average molecular weight is 466 g/mol. The Bertz CT molecular complexity index is 1190. The molecule has 3 atom stereocenters. The maximum absolute atomic E-state index is 10.3. The molecule has 0 radical (unpaired) electrons. The van der Waals surface area contributed by atoms with Crippen LogP contribution in [0.2, 0.25) is 5.15 Å². The number of aliphatic hydroxyl groups is 2. The summed E-state index contributed by atoms with van der Waals surface area (Å²) in [6.45, 7) is 1.35. The van der Waals surface area contributed by atoms with E-state index >= 15 is 0 Å². The van der Waals surface area contributed by atoms with Crippen LogP contribution in [0.25, 0.3) is 22.3 Å². The number of halogens is 1. The summed E-state index contributed by atoms with van der Waals surface area (Å²) in [5.74, 6) is 1.14. The molecule has 0 aliphatic heterocycles. The zero-order valence-corrected chi connectivity index (χ0v) is 18.0. The minimum Gasteiger partial charge on any atom is -0.394 e. The fourth-order valence-electron chi connectivity index (χ4n) is 3.05. The average Bonchev–Trinajstić information content (AvgIpc) is 3.38. The second-order valence-electron chi connectivity index (χ2n) is 6.66. The van der Waals surface area contributed by atoms with Crippen molar-refractivity contribution in [3.8, 4) is 0 Å². The van der Waals surface area contributed by atoms with Crippen LogP contribution in [-0.2, 0) is 10.6 Å². The summed E-state index contributed by atoms with van der Waals surface area (Å²) in [5.41, 5.74) is 7.96. The van der Waals surface area contributed by atoms with Crippen molar-refractivity contribution in [2.75, 3.05) is 18.1 Å². The van der Waals surface area contributed by atoms with Crippen LogP contribution in [0.4, 0.5) is 5.82 Å². The van der Waals surface area contributed by atoms with E-state index in [-0.39, 0.29) is 5.82 Å². The highest BCUT2D eigenvalue weighted by Crippen LogP contribution is 2.24. The summed E-state index contributed by atoms with van der Waals surface area (Å²) in [6.07, 6.45) is 3.62. The summed E-state index contributed by atoms with van der Waals surface area (Å²) in [7, 11) is 0. The molecular weight excluding hydrogens is 446 g/mol. The number of aromatic nitrogens is 8. The van der Waals surface area contributed by atoms with Gasteiger partial charge in [0, 0.05) is 5.75 Å². The quantitative estimate of drug-likeness (QED) is 0.300. The molecule has 4 rings (SSSR count). The second kappa shape index (κ2) is 9.28. The van der Waals surface area contributed by atoms with E-state index in [0.717, 1.165) is 0 Å². The van der Waals surface area contributed by atoms with Crippen molar-refractivity contribution in [1.29, 1.82) is 0 Å². The molecule has 4 aromatic heterocycles. The number of nitrogens with zero attached hydrogens (tertiary/aromatic N) is 8. The summed E-state index contributed by atoms with van der Waals surface area (Å²) in [6, 6.07) is 0. The number of ether oxygens (including phenoxy) is 1. The molecule has 3 unspecified atom stereocenters. The molecule has 0 saturated heterocycles. The van der Waals surface area contributed by atoms with E-state index in [1.165, 1.54) is 24.4 Å². The number of hydrogen-bond donors (Lipinski definition) is 3. The minimum atomic E-state index is -1.07. The third-order valence-corrected chi connectivity index (χ3v) is 5.95. The fourth-order valence-corrected chi connectivity index (χ4v) is 4.32. The van der Waals surface area contributed by atoms with Crippen molar-refractivity contribution in [3.63, 3.8) is 0 Å². The van der Waals surface area contributed by atoms with E-state index in [9.17, 15) is 10.2 Å². The SMILES string of the molecule is CC(OC(CSCn1cnc2ncnc(Cl)c21)C(O)CO)n1cnc2c(N)ncnc21. The number of hydrogen-bond acceptors (Lipinski definition) is 11. The topological polar surface area (TPSA) is 163 Å². The standard InChI is InChI=1S/C17H20ClN9O3S/c1-9(27-7-24-12-15(19)21-5-23-17(12)27)30-11(10(29)2-28)3-31-8-26-6-25-16-13(26)14(18)20-4-22-16/h4-7,9-11,28-29H,2-3,8H2,1H3,(H2,19,21,23). The molecule has 4 N–H and O–H groups in total. The number of fused-ring (bicyclic) bond motifs is 2. The van der Waals surface area contributed by atoms with Crippen molar-refractivity contribution in [1.82, 2.24) is 39.0 Å². The third-order valence-electron chi connectivity index (χ3n) is 4.64. The molecule has 0 spiro atoms. The molecular formula is C17H20ClN9O3S. The van der Waals surface area contributed by atoms with Gasteiger partial charge in [0.05, 0.1) is 31.2 Å². The van der Waals surface area contributed by atoms with Crippen LogP contribution in [0.15, 0.2) is 25.3 Å². The fraction of sp³-hybridized carbons (Fsp3) is 0.412. The van der Waals surface area contributed by atoms with Crippen LogP contribution in [0.5, 0.6) is 0 Å². The molecule has 164 valence electrons. The van der Waals surface area contributed by atoms with Gasteiger partial charge in [-0.15, -0.1) is 11.8 Å². The number of imidazole rings is 2. The highest BCUT2D eigenvalue weighted by Gasteiger charge is 2.24. The van der Waals surface area contributed by atoms with Gasteiger partial charge in [-0.3, -0.25) is 4.57 Å². The van der Waals surface area contributed by atoms with E-state index < -0.39 is 25.0 Å². The highest BCUT2D eigenvalue weighted by atomic mass is 35.5. The van der Waals surface area contributed by atoms with Crippen molar-refractivity contribution in [2.24, 2.45) is 0 Å². The number of anilines is 1. The number of nitrogens with two attached hydrogens (primary N) is 1. The molecule has 0 amide bonds. The summed E-state index contributed by atoms with van der Waals surface area (Å²) in [5, 5.41) is 20.1. The van der Waals surface area contributed by atoms with Crippen molar-refractivity contribution >= 4 is 51.5 Å². The lowest BCUT2D eigenvalue weighted by molar-refractivity contribution is -0.0973. The number of aliphatic hydroxyl groups excluding tert-OH is 2. The molecule has 12 nitrogen and oxygen atoms in total. The molecule has 0 bridgehead atoms. The van der Waals surface area contributed by atoms with Gasteiger partial charge in [0.25, 0.3) is 0 Å². The molecule has 14 heteroatoms. The van der Waals surface area contributed by atoms with Gasteiger partial charge in [0.2, 0.25) is 0 Å². The van der Waals surface area contributed by atoms with E-state index in [1.807, 2.05) is 4.57 Å². The highest BCUT2D eigenvalue weighted by molar-refractivity contribution is 7.98.